The molecule has 0 aliphatic carbocycles. The predicted molar refractivity (Wildman–Crippen MR) is 115 cm³/mol. The van der Waals surface area contributed by atoms with Crippen LogP contribution in [-0.2, 0) is 9.47 Å². The van der Waals surface area contributed by atoms with Gasteiger partial charge in [-0.1, -0.05) is 6.07 Å². The SMILES string of the molecule is O=c1ccccn1C1N=C(c2nc(N3CCOCC3)nc(N3CCOCC3)n2)CS1. The van der Waals surface area contributed by atoms with Crippen molar-refractivity contribution in [3.8, 4) is 0 Å². The molecule has 1 unspecified atom stereocenters. The fourth-order valence-electron chi connectivity index (χ4n) is 3.54. The number of ether oxygens (including phenoxy) is 2. The quantitative estimate of drug-likeness (QED) is 0.684. The van der Waals surface area contributed by atoms with Gasteiger partial charge >= 0.3 is 0 Å². The second kappa shape index (κ2) is 8.70. The Bertz CT molecular complexity index is 950. The first-order chi connectivity index (χ1) is 14.8. The molecule has 158 valence electrons. The second-order valence-electron chi connectivity index (χ2n) is 7.12. The first-order valence-corrected chi connectivity index (χ1v) is 11.1. The highest BCUT2D eigenvalue weighted by Gasteiger charge is 2.26. The largest absolute Gasteiger partial charge is 0.378 e. The maximum absolute atomic E-state index is 12.2. The van der Waals surface area contributed by atoms with Crippen LogP contribution >= 0.6 is 11.8 Å². The molecular weight excluding hydrogens is 406 g/mol. The van der Waals surface area contributed by atoms with Gasteiger partial charge in [0.2, 0.25) is 11.9 Å². The summed E-state index contributed by atoms with van der Waals surface area (Å²) >= 11 is 1.59. The Labute approximate surface area is 178 Å². The zero-order chi connectivity index (χ0) is 20.3. The van der Waals surface area contributed by atoms with E-state index in [-0.39, 0.29) is 11.1 Å². The van der Waals surface area contributed by atoms with Crippen LogP contribution in [0.5, 0.6) is 0 Å². The Morgan fingerprint density at radius 3 is 2.13 bits per heavy atom. The van der Waals surface area contributed by atoms with Crippen molar-refractivity contribution in [2.75, 3.05) is 68.2 Å². The molecule has 3 aliphatic heterocycles. The molecule has 5 heterocycles. The number of morpholine rings is 2. The van der Waals surface area contributed by atoms with Crippen LogP contribution in [0.4, 0.5) is 11.9 Å². The van der Waals surface area contributed by atoms with Gasteiger partial charge in [-0.25, -0.2) is 4.99 Å². The first kappa shape index (κ1) is 19.5. The number of anilines is 2. The van der Waals surface area contributed by atoms with E-state index in [0.29, 0.717) is 49.9 Å². The van der Waals surface area contributed by atoms with Crippen LogP contribution in [0.1, 0.15) is 11.3 Å². The summed E-state index contributed by atoms with van der Waals surface area (Å²) in [6.07, 6.45) is 1.76. The van der Waals surface area contributed by atoms with Crippen molar-refractivity contribution in [3.63, 3.8) is 0 Å². The molecular formula is C19H23N7O3S. The lowest BCUT2D eigenvalue weighted by Crippen LogP contribution is -2.40. The van der Waals surface area contributed by atoms with Gasteiger partial charge in [-0.15, -0.1) is 11.8 Å². The van der Waals surface area contributed by atoms with Gasteiger partial charge in [-0.2, -0.15) is 15.0 Å². The molecule has 2 aromatic heterocycles. The van der Waals surface area contributed by atoms with Crippen LogP contribution in [0.15, 0.2) is 34.2 Å². The third kappa shape index (κ3) is 4.05. The van der Waals surface area contributed by atoms with E-state index in [1.165, 1.54) is 0 Å². The van der Waals surface area contributed by atoms with Crippen LogP contribution < -0.4 is 15.4 Å². The monoisotopic (exact) mass is 429 g/mol. The van der Waals surface area contributed by atoms with Gasteiger partial charge in [0.05, 0.1) is 32.1 Å². The minimum atomic E-state index is -0.302. The predicted octanol–water partition coefficient (Wildman–Crippen LogP) is 0.399. The molecule has 10 nitrogen and oxygen atoms in total. The van der Waals surface area contributed by atoms with Gasteiger partial charge in [0, 0.05) is 44.2 Å². The fraction of sp³-hybridized carbons (Fsp3) is 0.526. The van der Waals surface area contributed by atoms with E-state index < -0.39 is 0 Å². The van der Waals surface area contributed by atoms with Crippen LogP contribution in [0, 0.1) is 0 Å². The van der Waals surface area contributed by atoms with Crippen LogP contribution in [0.2, 0.25) is 0 Å². The van der Waals surface area contributed by atoms with E-state index in [1.54, 1.807) is 34.7 Å². The molecule has 11 heteroatoms. The minimum absolute atomic E-state index is 0.0707. The average molecular weight is 430 g/mol. The van der Waals surface area contributed by atoms with E-state index in [1.807, 2.05) is 6.07 Å². The number of rotatable bonds is 4. The molecule has 2 saturated heterocycles. The van der Waals surface area contributed by atoms with Crippen LogP contribution in [-0.4, -0.2) is 83.6 Å². The van der Waals surface area contributed by atoms with E-state index in [4.69, 9.17) is 29.4 Å². The number of hydrogen-bond donors (Lipinski definition) is 0. The molecule has 0 bridgehead atoms. The number of aliphatic imine (C=N–C) groups is 1. The average Bonchev–Trinajstić information content (AvgIpc) is 3.30. The summed E-state index contributed by atoms with van der Waals surface area (Å²) in [5.74, 6) is 2.52. The molecule has 0 radical (unpaired) electrons. The van der Waals surface area contributed by atoms with Gasteiger partial charge in [-0.3, -0.25) is 9.36 Å². The Morgan fingerprint density at radius 1 is 0.900 bits per heavy atom. The van der Waals surface area contributed by atoms with Gasteiger partial charge in [0.25, 0.3) is 5.56 Å². The molecule has 2 fully saturated rings. The number of pyridine rings is 1. The van der Waals surface area contributed by atoms with Crippen molar-refractivity contribution in [2.45, 2.75) is 5.50 Å². The highest BCUT2D eigenvalue weighted by atomic mass is 32.2. The number of hydrogen-bond acceptors (Lipinski definition) is 10. The maximum atomic E-state index is 12.2. The van der Waals surface area contributed by atoms with Gasteiger partial charge < -0.3 is 19.3 Å². The van der Waals surface area contributed by atoms with Crippen molar-refractivity contribution in [1.29, 1.82) is 0 Å². The van der Waals surface area contributed by atoms with E-state index in [9.17, 15) is 4.79 Å². The van der Waals surface area contributed by atoms with Crippen LogP contribution in [0.3, 0.4) is 0 Å². The second-order valence-corrected chi connectivity index (χ2v) is 8.16. The zero-order valence-electron chi connectivity index (χ0n) is 16.5. The summed E-state index contributed by atoms with van der Waals surface area (Å²) in [5, 5.41) is 0. The van der Waals surface area contributed by atoms with Crippen molar-refractivity contribution in [3.05, 3.63) is 40.6 Å². The van der Waals surface area contributed by atoms with Crippen molar-refractivity contribution >= 4 is 29.4 Å². The molecule has 0 spiro atoms. The Morgan fingerprint density at radius 2 is 1.53 bits per heavy atom. The summed E-state index contributed by atoms with van der Waals surface area (Å²) in [5.41, 5.74) is 0.412. The smallest absolute Gasteiger partial charge is 0.252 e. The van der Waals surface area contributed by atoms with Crippen molar-refractivity contribution < 1.29 is 9.47 Å². The summed E-state index contributed by atoms with van der Waals surface area (Å²) in [6, 6.07) is 5.12. The fourth-order valence-corrected chi connectivity index (χ4v) is 4.59. The molecule has 0 amide bonds. The lowest BCUT2D eigenvalue weighted by Gasteiger charge is -2.30. The van der Waals surface area contributed by atoms with Crippen molar-refractivity contribution in [2.24, 2.45) is 4.99 Å². The van der Waals surface area contributed by atoms with Gasteiger partial charge in [0.15, 0.2) is 11.3 Å². The molecule has 5 rings (SSSR count). The number of thioether (sulfide) groups is 1. The van der Waals surface area contributed by atoms with Gasteiger partial charge in [-0.05, 0) is 6.07 Å². The zero-order valence-corrected chi connectivity index (χ0v) is 17.3. The number of aromatic nitrogens is 4. The third-order valence-corrected chi connectivity index (χ3v) is 6.25. The van der Waals surface area contributed by atoms with E-state index >= 15 is 0 Å². The lowest BCUT2D eigenvalue weighted by atomic mass is 10.3. The molecule has 0 saturated carbocycles. The Hall–Kier alpha value is -2.50. The first-order valence-electron chi connectivity index (χ1n) is 10.1. The minimum Gasteiger partial charge on any atom is -0.378 e. The van der Waals surface area contributed by atoms with E-state index in [2.05, 4.69) is 9.80 Å². The summed E-state index contributed by atoms with van der Waals surface area (Å²) in [7, 11) is 0. The standard InChI is InChI=1S/C19H23N7O3S/c27-15-3-1-2-4-26(15)19-20-14(13-30-19)16-21-17(24-5-9-28-10-6-24)23-18(22-16)25-7-11-29-12-8-25/h1-4,19H,5-13H2. The van der Waals surface area contributed by atoms with Crippen molar-refractivity contribution in [1.82, 2.24) is 19.5 Å². The maximum Gasteiger partial charge on any atom is 0.252 e. The van der Waals surface area contributed by atoms with E-state index in [0.717, 1.165) is 31.9 Å². The molecule has 30 heavy (non-hydrogen) atoms. The molecule has 1 atom stereocenters. The lowest BCUT2D eigenvalue weighted by molar-refractivity contribution is 0.121. The summed E-state index contributed by atoms with van der Waals surface area (Å²) in [6.45, 7) is 5.61. The van der Waals surface area contributed by atoms with Crippen LogP contribution in [0.25, 0.3) is 0 Å². The molecule has 0 aromatic carbocycles. The van der Waals surface area contributed by atoms with Gasteiger partial charge in [0.1, 0.15) is 0 Å². The highest BCUT2D eigenvalue weighted by Crippen LogP contribution is 2.31. The Balaban J connectivity index is 1.49. The molecule has 0 N–H and O–H groups in total. The summed E-state index contributed by atoms with van der Waals surface area (Å²) < 4.78 is 12.6. The molecule has 3 aliphatic rings. The topological polar surface area (TPSA) is 98.0 Å². The molecule has 2 aromatic rings. The normalized spacial score (nSPS) is 22.3. The third-order valence-electron chi connectivity index (χ3n) is 5.18. The Kier molecular flexibility index (Phi) is 5.65. The number of nitrogens with zero attached hydrogens (tertiary/aromatic N) is 7. The highest BCUT2D eigenvalue weighted by molar-refractivity contribution is 8.00. The summed E-state index contributed by atoms with van der Waals surface area (Å²) in [4.78, 5) is 35.4.